The van der Waals surface area contributed by atoms with Gasteiger partial charge in [0.2, 0.25) is 0 Å². The maximum absolute atomic E-state index is 13.8. The smallest absolute Gasteiger partial charge is 0.253 e. The van der Waals surface area contributed by atoms with Crippen LogP contribution in [0, 0.1) is 17.7 Å². The van der Waals surface area contributed by atoms with Gasteiger partial charge >= 0.3 is 0 Å². The average Bonchev–Trinajstić information content (AvgIpc) is 2.50. The molecule has 0 aromatic heterocycles. The van der Waals surface area contributed by atoms with Gasteiger partial charge in [0.25, 0.3) is 5.91 Å². The molecule has 1 aromatic rings. The molecule has 1 heterocycles. The van der Waals surface area contributed by atoms with Crippen LogP contribution in [0.1, 0.15) is 31.2 Å². The molecule has 0 bridgehead atoms. The minimum atomic E-state index is -0.497. The summed E-state index contributed by atoms with van der Waals surface area (Å²) in [6.45, 7) is 0.538. The van der Waals surface area contributed by atoms with Crippen molar-refractivity contribution in [1.82, 2.24) is 0 Å². The quantitative estimate of drug-likeness (QED) is 0.838. The number of carbonyl (C=O) groups is 1. The highest BCUT2D eigenvalue weighted by molar-refractivity contribution is 5.94. The number of anilines is 1. The van der Waals surface area contributed by atoms with Gasteiger partial charge in [-0.25, -0.2) is 4.39 Å². The van der Waals surface area contributed by atoms with E-state index in [-0.39, 0.29) is 18.1 Å². The first-order chi connectivity index (χ1) is 10.2. The Balaban J connectivity index is 1.99. The fourth-order valence-corrected chi connectivity index (χ4v) is 2.08. The molecule has 4 nitrogen and oxygen atoms in total. The molecule has 21 heavy (non-hydrogen) atoms. The van der Waals surface area contributed by atoms with Crippen molar-refractivity contribution in [2.75, 3.05) is 18.5 Å². The number of benzene rings is 1. The molecular weight excluding hydrogens is 273 g/mol. The highest BCUT2D eigenvalue weighted by Gasteiger charge is 2.22. The van der Waals surface area contributed by atoms with Gasteiger partial charge in [0.15, 0.2) is 0 Å². The summed E-state index contributed by atoms with van der Waals surface area (Å²) in [5.74, 6) is 4.55. The lowest BCUT2D eigenvalue weighted by Gasteiger charge is -2.21. The second-order valence-corrected chi connectivity index (χ2v) is 4.81. The Hall–Kier alpha value is -1.90. The van der Waals surface area contributed by atoms with Crippen LogP contribution in [-0.4, -0.2) is 30.3 Å². The van der Waals surface area contributed by atoms with E-state index in [1.54, 1.807) is 6.07 Å². The number of ether oxygens (including phenoxy) is 1. The molecule has 1 atom stereocenters. The monoisotopic (exact) mass is 291 g/mol. The second-order valence-electron chi connectivity index (χ2n) is 4.81. The summed E-state index contributed by atoms with van der Waals surface area (Å²) in [7, 11) is 0. The van der Waals surface area contributed by atoms with Crippen molar-refractivity contribution in [3.8, 4) is 11.8 Å². The number of hydrogen-bond donors (Lipinski definition) is 2. The lowest BCUT2D eigenvalue weighted by atomic mass is 10.1. The molecule has 112 valence electrons. The van der Waals surface area contributed by atoms with E-state index >= 15 is 0 Å². The number of aliphatic hydroxyl groups excluding tert-OH is 1. The highest BCUT2D eigenvalue weighted by Crippen LogP contribution is 2.17. The molecule has 0 spiro atoms. The molecule has 1 aliphatic heterocycles. The first kappa shape index (κ1) is 15.5. The number of carbonyl (C=O) groups excluding carboxylic acids is 1. The third-order valence-corrected chi connectivity index (χ3v) is 3.17. The van der Waals surface area contributed by atoms with E-state index in [9.17, 15) is 9.18 Å². The van der Waals surface area contributed by atoms with Crippen LogP contribution in [-0.2, 0) is 9.53 Å². The van der Waals surface area contributed by atoms with Crippen molar-refractivity contribution < 1.29 is 19.0 Å². The van der Waals surface area contributed by atoms with Crippen LogP contribution in [0.15, 0.2) is 18.2 Å². The fraction of sp³-hybridized carbons (Fsp3) is 0.438. The van der Waals surface area contributed by atoms with Crippen LogP contribution in [0.5, 0.6) is 0 Å². The minimum Gasteiger partial charge on any atom is -0.395 e. The van der Waals surface area contributed by atoms with E-state index in [1.165, 1.54) is 12.1 Å². The van der Waals surface area contributed by atoms with Crippen LogP contribution in [0.25, 0.3) is 0 Å². The molecule has 1 amide bonds. The summed E-state index contributed by atoms with van der Waals surface area (Å²) >= 11 is 0. The Kier molecular flexibility index (Phi) is 5.73. The number of rotatable bonds is 3. The van der Waals surface area contributed by atoms with Crippen LogP contribution >= 0.6 is 0 Å². The van der Waals surface area contributed by atoms with Gasteiger partial charge in [-0.05, 0) is 37.5 Å². The van der Waals surface area contributed by atoms with Crippen LogP contribution in [0.2, 0.25) is 0 Å². The molecule has 2 N–H and O–H groups in total. The summed E-state index contributed by atoms with van der Waals surface area (Å²) in [6, 6.07) is 4.35. The molecule has 5 heteroatoms. The number of amides is 1. The Morgan fingerprint density at radius 3 is 3.00 bits per heavy atom. The third-order valence-electron chi connectivity index (χ3n) is 3.17. The number of hydrogen-bond acceptors (Lipinski definition) is 3. The molecule has 0 aliphatic carbocycles. The molecular formula is C16H18FNO3. The lowest BCUT2D eigenvalue weighted by Crippen LogP contribution is -2.33. The first-order valence-corrected chi connectivity index (χ1v) is 7.02. The number of halogens is 1. The SMILES string of the molecule is O=C(Nc1ccc(C#CCCO)c(F)c1)C1CCCCO1. The van der Waals surface area contributed by atoms with E-state index in [0.717, 1.165) is 12.8 Å². The topological polar surface area (TPSA) is 58.6 Å². The van der Waals surface area contributed by atoms with Gasteiger partial charge in [0.05, 0.1) is 12.2 Å². The van der Waals surface area contributed by atoms with Crippen LogP contribution < -0.4 is 5.32 Å². The largest absolute Gasteiger partial charge is 0.395 e. The minimum absolute atomic E-state index is 0.0514. The highest BCUT2D eigenvalue weighted by atomic mass is 19.1. The average molecular weight is 291 g/mol. The van der Waals surface area contributed by atoms with E-state index in [4.69, 9.17) is 9.84 Å². The number of aliphatic hydroxyl groups is 1. The second kappa shape index (κ2) is 7.77. The summed E-state index contributed by atoms with van der Waals surface area (Å²) in [5.41, 5.74) is 0.634. The van der Waals surface area contributed by atoms with Gasteiger partial charge in [-0.2, -0.15) is 0 Å². The fourth-order valence-electron chi connectivity index (χ4n) is 2.08. The molecule has 1 saturated heterocycles. The zero-order valence-corrected chi connectivity index (χ0v) is 11.7. The zero-order chi connectivity index (χ0) is 15.1. The zero-order valence-electron chi connectivity index (χ0n) is 11.7. The van der Waals surface area contributed by atoms with E-state index in [1.807, 2.05) is 0 Å². The number of nitrogens with one attached hydrogen (secondary N) is 1. The van der Waals surface area contributed by atoms with Gasteiger partial charge in [0.1, 0.15) is 11.9 Å². The van der Waals surface area contributed by atoms with Crippen molar-refractivity contribution in [2.45, 2.75) is 31.8 Å². The predicted octanol–water partition coefficient (Wildman–Crippen LogP) is 2.07. The van der Waals surface area contributed by atoms with Gasteiger partial charge in [-0.1, -0.05) is 11.8 Å². The molecule has 0 radical (unpaired) electrons. The van der Waals surface area contributed by atoms with Gasteiger partial charge in [-0.3, -0.25) is 4.79 Å². The molecule has 2 rings (SSSR count). The van der Waals surface area contributed by atoms with E-state index in [0.29, 0.717) is 25.1 Å². The summed E-state index contributed by atoms with van der Waals surface area (Å²) in [5, 5.41) is 11.3. The van der Waals surface area contributed by atoms with Crippen LogP contribution in [0.4, 0.5) is 10.1 Å². The third kappa shape index (κ3) is 4.55. The summed E-state index contributed by atoms with van der Waals surface area (Å²) < 4.78 is 19.2. The van der Waals surface area contributed by atoms with Gasteiger partial charge in [0, 0.05) is 18.7 Å². The van der Waals surface area contributed by atoms with E-state index in [2.05, 4.69) is 17.2 Å². The van der Waals surface area contributed by atoms with Crippen molar-refractivity contribution in [3.63, 3.8) is 0 Å². The Morgan fingerprint density at radius 1 is 1.48 bits per heavy atom. The van der Waals surface area contributed by atoms with Crippen molar-refractivity contribution in [1.29, 1.82) is 0 Å². The molecule has 1 aromatic carbocycles. The van der Waals surface area contributed by atoms with E-state index < -0.39 is 11.9 Å². The Morgan fingerprint density at radius 2 is 2.33 bits per heavy atom. The van der Waals surface area contributed by atoms with Crippen molar-refractivity contribution >= 4 is 11.6 Å². The van der Waals surface area contributed by atoms with Crippen LogP contribution in [0.3, 0.4) is 0 Å². The maximum atomic E-state index is 13.8. The van der Waals surface area contributed by atoms with Gasteiger partial charge < -0.3 is 15.2 Å². The lowest BCUT2D eigenvalue weighted by molar-refractivity contribution is -0.129. The molecule has 1 fully saturated rings. The predicted molar refractivity (Wildman–Crippen MR) is 77.2 cm³/mol. The Labute approximate surface area is 123 Å². The van der Waals surface area contributed by atoms with Gasteiger partial charge in [-0.15, -0.1) is 0 Å². The Bertz CT molecular complexity index is 556. The normalized spacial score (nSPS) is 17.7. The summed E-state index contributed by atoms with van der Waals surface area (Å²) in [4.78, 5) is 12.0. The molecule has 1 unspecified atom stereocenters. The first-order valence-electron chi connectivity index (χ1n) is 7.02. The molecule has 0 saturated carbocycles. The standard InChI is InChI=1S/C16H18FNO3/c17-14-11-13(8-7-12(14)5-1-3-9-19)18-16(20)15-6-2-4-10-21-15/h7-8,11,15,19H,2-4,6,9-10H2,(H,18,20). The van der Waals surface area contributed by atoms with Crippen molar-refractivity contribution in [3.05, 3.63) is 29.6 Å². The van der Waals surface area contributed by atoms with Crippen molar-refractivity contribution in [2.24, 2.45) is 0 Å². The molecule has 1 aliphatic rings. The maximum Gasteiger partial charge on any atom is 0.253 e. The summed E-state index contributed by atoms with van der Waals surface area (Å²) in [6.07, 6.45) is 2.48.